The van der Waals surface area contributed by atoms with Gasteiger partial charge in [-0.05, 0) is 62.6 Å². The van der Waals surface area contributed by atoms with Crippen LogP contribution in [0.2, 0.25) is 10.0 Å². The molecule has 0 unspecified atom stereocenters. The summed E-state index contributed by atoms with van der Waals surface area (Å²) in [5.41, 5.74) is 5.11. The highest BCUT2D eigenvalue weighted by Gasteiger charge is 2.51. The molecule has 4 aliphatic rings. The average Bonchev–Trinajstić information content (AvgIpc) is 3.86. The zero-order valence-corrected chi connectivity index (χ0v) is 23.8. The number of benzene rings is 1. The zero-order valence-electron chi connectivity index (χ0n) is 22.3. The summed E-state index contributed by atoms with van der Waals surface area (Å²) in [4.78, 5) is 11.0. The molecule has 8 rings (SSSR count). The van der Waals surface area contributed by atoms with Crippen LogP contribution >= 0.6 is 23.2 Å². The molecule has 0 bridgehead atoms. The van der Waals surface area contributed by atoms with E-state index in [1.54, 1.807) is 18.5 Å². The molecule has 1 aromatic carbocycles. The molecule has 4 heterocycles. The maximum atomic E-state index is 9.39. The monoisotopic (exact) mass is 583 g/mol. The van der Waals surface area contributed by atoms with E-state index in [0.29, 0.717) is 44.2 Å². The second-order valence-corrected chi connectivity index (χ2v) is 12.9. The number of nitriles is 1. The Balaban J connectivity index is 0.972. The average molecular weight is 585 g/mol. The highest BCUT2D eigenvalue weighted by Crippen LogP contribution is 2.54. The molecule has 41 heavy (non-hydrogen) atoms. The maximum Gasteiger partial charge on any atom is 0.147 e. The summed E-state index contributed by atoms with van der Waals surface area (Å²) in [6.45, 7) is 2.08. The fraction of sp³-hybridized carbons (Fsp3) is 0.375. The largest absolute Gasteiger partial charge is 0.490 e. The summed E-state index contributed by atoms with van der Waals surface area (Å²) in [5.74, 6) is 2.64. The third-order valence-electron chi connectivity index (χ3n) is 8.82. The number of anilines is 1. The van der Waals surface area contributed by atoms with Crippen LogP contribution < -0.4 is 9.64 Å². The quantitative estimate of drug-likeness (QED) is 0.219. The minimum atomic E-state index is 0.260. The lowest BCUT2D eigenvalue weighted by Gasteiger charge is -2.59. The Morgan fingerprint density at radius 2 is 1.85 bits per heavy atom. The number of hydrogen-bond donors (Lipinski definition) is 0. The van der Waals surface area contributed by atoms with Gasteiger partial charge in [-0.2, -0.15) is 5.26 Å². The SMILES string of the molecule is N#Cc1cc(OC2CC2)c2cc(N3CC4(CC(/C=C/c5c(-c6c(Cl)cncc6Cl)noc5C5CC5)C4)C3)ccc2n1. The van der Waals surface area contributed by atoms with Crippen LogP contribution in [0.4, 0.5) is 5.69 Å². The van der Waals surface area contributed by atoms with E-state index < -0.39 is 0 Å². The molecule has 0 radical (unpaired) electrons. The molecule has 7 nitrogen and oxygen atoms in total. The summed E-state index contributed by atoms with van der Waals surface area (Å²) in [5, 5.41) is 15.7. The number of ether oxygens (including phenoxy) is 1. The molecule has 0 atom stereocenters. The van der Waals surface area contributed by atoms with Gasteiger partial charge in [-0.3, -0.25) is 4.98 Å². The van der Waals surface area contributed by atoms with Gasteiger partial charge >= 0.3 is 0 Å². The number of allylic oxidation sites excluding steroid dienone is 1. The van der Waals surface area contributed by atoms with Gasteiger partial charge in [0.25, 0.3) is 0 Å². The lowest BCUT2D eigenvalue weighted by atomic mass is 9.57. The Kier molecular flexibility index (Phi) is 5.81. The van der Waals surface area contributed by atoms with Crippen molar-refractivity contribution in [2.24, 2.45) is 11.3 Å². The van der Waals surface area contributed by atoms with Gasteiger partial charge in [0, 0.05) is 65.1 Å². The van der Waals surface area contributed by atoms with Crippen LogP contribution in [0.3, 0.4) is 0 Å². The minimum Gasteiger partial charge on any atom is -0.490 e. The Bertz CT molecular complexity index is 1730. The smallest absolute Gasteiger partial charge is 0.147 e. The first kappa shape index (κ1) is 25.1. The lowest BCUT2D eigenvalue weighted by molar-refractivity contribution is 0.0486. The first-order valence-electron chi connectivity index (χ1n) is 14.2. The Labute approximate surface area is 247 Å². The normalized spacial score (nSPS) is 19.9. The van der Waals surface area contributed by atoms with E-state index in [0.717, 1.165) is 79.6 Å². The Morgan fingerprint density at radius 1 is 1.07 bits per heavy atom. The lowest BCUT2D eigenvalue weighted by Crippen LogP contribution is -2.62. The van der Waals surface area contributed by atoms with Gasteiger partial charge < -0.3 is 14.2 Å². The molecule has 1 spiro atoms. The number of pyridine rings is 2. The van der Waals surface area contributed by atoms with E-state index in [-0.39, 0.29) is 6.10 Å². The topological polar surface area (TPSA) is 88.1 Å². The van der Waals surface area contributed by atoms with Crippen LogP contribution in [-0.2, 0) is 0 Å². The van der Waals surface area contributed by atoms with Gasteiger partial charge in [-0.1, -0.05) is 40.5 Å². The molecule has 3 aliphatic carbocycles. The fourth-order valence-electron chi connectivity index (χ4n) is 6.45. The first-order valence-corrected chi connectivity index (χ1v) is 15.0. The second kappa shape index (κ2) is 9.47. The molecular formula is C32H27Cl2N5O2. The van der Waals surface area contributed by atoms with Crippen LogP contribution in [0.5, 0.6) is 5.75 Å². The molecule has 3 saturated carbocycles. The second-order valence-electron chi connectivity index (χ2n) is 12.1. The third-order valence-corrected chi connectivity index (χ3v) is 9.40. The van der Waals surface area contributed by atoms with Crippen molar-refractivity contribution in [1.82, 2.24) is 15.1 Å². The molecule has 9 heteroatoms. The number of nitrogens with zero attached hydrogens (tertiary/aromatic N) is 5. The van der Waals surface area contributed by atoms with Crippen molar-refractivity contribution in [1.29, 1.82) is 5.26 Å². The number of halogens is 2. The Morgan fingerprint density at radius 3 is 2.56 bits per heavy atom. The standard InChI is InChI=1S/C32H27Cl2N5O2/c33-25-14-36-15-26(34)29(25)30-23(31(41-38-30)19-2-3-19)7-1-18-11-32(12-18)16-39(17-32)21-4-8-27-24(10-21)28(40-22-5-6-22)9-20(13-35)37-27/h1,4,7-10,14-15,18-19,22H,2-3,5-6,11-12,16-17H2/b7-1+. The van der Waals surface area contributed by atoms with Crippen LogP contribution in [0, 0.1) is 22.7 Å². The summed E-state index contributed by atoms with van der Waals surface area (Å²) in [6.07, 6.45) is 14.6. The molecule has 1 saturated heterocycles. The van der Waals surface area contributed by atoms with Crippen LogP contribution in [0.1, 0.15) is 61.5 Å². The van der Waals surface area contributed by atoms with E-state index in [1.807, 2.05) is 6.07 Å². The van der Waals surface area contributed by atoms with E-state index in [4.69, 9.17) is 32.5 Å². The minimum absolute atomic E-state index is 0.260. The van der Waals surface area contributed by atoms with Gasteiger partial charge in [0.15, 0.2) is 0 Å². The summed E-state index contributed by atoms with van der Waals surface area (Å²) >= 11 is 12.9. The van der Waals surface area contributed by atoms with E-state index in [2.05, 4.69) is 50.4 Å². The van der Waals surface area contributed by atoms with Gasteiger partial charge in [0.1, 0.15) is 29.0 Å². The number of rotatable bonds is 7. The highest BCUT2D eigenvalue weighted by molar-refractivity contribution is 6.39. The molecule has 206 valence electrons. The summed E-state index contributed by atoms with van der Waals surface area (Å²) < 4.78 is 11.9. The summed E-state index contributed by atoms with van der Waals surface area (Å²) in [7, 11) is 0. The van der Waals surface area contributed by atoms with Crippen molar-refractivity contribution < 1.29 is 9.26 Å². The molecule has 0 amide bonds. The number of fused-ring (bicyclic) bond motifs is 1. The molecule has 3 aromatic heterocycles. The van der Waals surface area contributed by atoms with Crippen LogP contribution in [0.15, 0.2) is 47.3 Å². The highest BCUT2D eigenvalue weighted by atomic mass is 35.5. The van der Waals surface area contributed by atoms with Crippen molar-refractivity contribution in [3.05, 3.63) is 69.8 Å². The molecule has 4 aromatic rings. The first-order chi connectivity index (χ1) is 20.0. The van der Waals surface area contributed by atoms with Crippen molar-refractivity contribution in [2.45, 2.75) is 50.5 Å². The van der Waals surface area contributed by atoms with Crippen LogP contribution in [-0.4, -0.2) is 34.3 Å². The Hall–Kier alpha value is -3.60. The van der Waals surface area contributed by atoms with Crippen LogP contribution in [0.25, 0.3) is 28.2 Å². The maximum absolute atomic E-state index is 9.39. The fourth-order valence-corrected chi connectivity index (χ4v) is 7.00. The third kappa shape index (κ3) is 4.54. The molecule has 1 aliphatic heterocycles. The summed E-state index contributed by atoms with van der Waals surface area (Å²) in [6, 6.07) is 10.2. The number of aromatic nitrogens is 3. The van der Waals surface area contributed by atoms with Gasteiger partial charge in [-0.25, -0.2) is 4.98 Å². The number of hydrogen-bond acceptors (Lipinski definition) is 7. The van der Waals surface area contributed by atoms with Gasteiger partial charge in [0.05, 0.1) is 21.7 Å². The van der Waals surface area contributed by atoms with E-state index in [9.17, 15) is 5.26 Å². The van der Waals surface area contributed by atoms with Crippen molar-refractivity contribution in [3.8, 4) is 23.1 Å². The molecular weight excluding hydrogens is 557 g/mol. The molecule has 4 fully saturated rings. The predicted molar refractivity (Wildman–Crippen MR) is 158 cm³/mol. The zero-order chi connectivity index (χ0) is 27.7. The van der Waals surface area contributed by atoms with Crippen molar-refractivity contribution >= 4 is 45.9 Å². The van der Waals surface area contributed by atoms with E-state index >= 15 is 0 Å². The van der Waals surface area contributed by atoms with Crippen molar-refractivity contribution in [3.63, 3.8) is 0 Å². The van der Waals surface area contributed by atoms with Gasteiger partial charge in [-0.15, -0.1) is 0 Å². The predicted octanol–water partition coefficient (Wildman–Crippen LogP) is 7.81. The van der Waals surface area contributed by atoms with Gasteiger partial charge in [0.2, 0.25) is 0 Å². The molecule has 0 N–H and O–H groups in total. The van der Waals surface area contributed by atoms with Crippen molar-refractivity contribution in [2.75, 3.05) is 18.0 Å². The van der Waals surface area contributed by atoms with E-state index in [1.165, 1.54) is 5.69 Å².